The number of carbonyl (C=O) groups excluding carboxylic acids is 2. The van der Waals surface area contributed by atoms with Crippen molar-refractivity contribution < 1.29 is 14.3 Å². The Balaban J connectivity index is 1.55. The van der Waals surface area contributed by atoms with Gasteiger partial charge in [-0.3, -0.25) is 4.79 Å². The Kier molecular flexibility index (Phi) is 5.02. The van der Waals surface area contributed by atoms with Crippen molar-refractivity contribution >= 4 is 17.7 Å². The van der Waals surface area contributed by atoms with Crippen LogP contribution < -0.4 is 5.32 Å². The average Bonchev–Trinajstić information content (AvgIpc) is 3.39. The molecule has 0 unspecified atom stereocenters. The van der Waals surface area contributed by atoms with Gasteiger partial charge in [0.15, 0.2) is 0 Å². The molecule has 3 rings (SSSR count). The second kappa shape index (κ2) is 7.06. The van der Waals surface area contributed by atoms with E-state index in [1.54, 1.807) is 4.90 Å². The molecule has 1 aliphatic heterocycles. The lowest BCUT2D eigenvalue weighted by atomic mass is 9.97. The molecule has 1 N–H and O–H groups in total. The van der Waals surface area contributed by atoms with E-state index in [2.05, 4.69) is 17.4 Å². The maximum atomic E-state index is 12.6. The van der Waals surface area contributed by atoms with Crippen molar-refractivity contribution in [1.82, 2.24) is 4.90 Å². The second-order valence-electron chi connectivity index (χ2n) is 8.15. The SMILES string of the molecule is CC(C)(C)OC(=O)N1CCC[C@H](C(=O)Nc2ccc(C3CC3)cc2)C1. The van der Waals surface area contributed by atoms with Crippen LogP contribution in [-0.2, 0) is 9.53 Å². The summed E-state index contributed by atoms with van der Waals surface area (Å²) in [7, 11) is 0. The van der Waals surface area contributed by atoms with Gasteiger partial charge < -0.3 is 15.0 Å². The minimum absolute atomic E-state index is 0.0209. The van der Waals surface area contributed by atoms with Crippen LogP contribution >= 0.6 is 0 Å². The molecule has 2 aliphatic rings. The van der Waals surface area contributed by atoms with E-state index in [9.17, 15) is 9.59 Å². The van der Waals surface area contributed by atoms with Crippen LogP contribution in [0.5, 0.6) is 0 Å². The first-order chi connectivity index (χ1) is 11.8. The summed E-state index contributed by atoms with van der Waals surface area (Å²) >= 11 is 0. The fourth-order valence-electron chi connectivity index (χ4n) is 3.18. The highest BCUT2D eigenvalue weighted by Crippen LogP contribution is 2.40. The summed E-state index contributed by atoms with van der Waals surface area (Å²) in [6.07, 6.45) is 3.82. The minimum Gasteiger partial charge on any atom is -0.444 e. The van der Waals surface area contributed by atoms with E-state index in [0.717, 1.165) is 18.5 Å². The van der Waals surface area contributed by atoms with Gasteiger partial charge in [-0.15, -0.1) is 0 Å². The first-order valence-corrected chi connectivity index (χ1v) is 9.20. The van der Waals surface area contributed by atoms with Gasteiger partial charge in [-0.2, -0.15) is 0 Å². The predicted octanol–water partition coefficient (Wildman–Crippen LogP) is 4.15. The molecule has 1 atom stereocenters. The van der Waals surface area contributed by atoms with Gasteiger partial charge in [0.1, 0.15) is 5.60 Å². The molecule has 0 spiro atoms. The summed E-state index contributed by atoms with van der Waals surface area (Å²) in [6, 6.07) is 8.14. The van der Waals surface area contributed by atoms with E-state index < -0.39 is 5.60 Å². The lowest BCUT2D eigenvalue weighted by Gasteiger charge is -2.33. The lowest BCUT2D eigenvalue weighted by Crippen LogP contribution is -2.45. The molecule has 0 radical (unpaired) electrons. The highest BCUT2D eigenvalue weighted by molar-refractivity contribution is 5.93. The second-order valence-corrected chi connectivity index (χ2v) is 8.15. The number of hydrogen-bond acceptors (Lipinski definition) is 3. The molecule has 1 heterocycles. The van der Waals surface area contributed by atoms with Crippen molar-refractivity contribution in [3.8, 4) is 0 Å². The molecule has 5 heteroatoms. The maximum Gasteiger partial charge on any atom is 0.410 e. The molecular formula is C20H28N2O3. The molecular weight excluding hydrogens is 316 g/mol. The van der Waals surface area contributed by atoms with E-state index in [-0.39, 0.29) is 17.9 Å². The lowest BCUT2D eigenvalue weighted by molar-refractivity contribution is -0.121. The number of amides is 2. The molecule has 2 fully saturated rings. The number of rotatable bonds is 3. The summed E-state index contributed by atoms with van der Waals surface area (Å²) in [4.78, 5) is 26.4. The Bertz CT molecular complexity index is 629. The third-order valence-electron chi connectivity index (χ3n) is 4.67. The normalized spacial score (nSPS) is 20.9. The topological polar surface area (TPSA) is 58.6 Å². The van der Waals surface area contributed by atoms with Crippen molar-refractivity contribution in [1.29, 1.82) is 0 Å². The van der Waals surface area contributed by atoms with E-state index in [0.29, 0.717) is 19.0 Å². The van der Waals surface area contributed by atoms with Gasteiger partial charge in [-0.05, 0) is 70.1 Å². The van der Waals surface area contributed by atoms with Crippen molar-refractivity contribution in [3.05, 3.63) is 29.8 Å². The van der Waals surface area contributed by atoms with Gasteiger partial charge in [0.05, 0.1) is 5.92 Å². The van der Waals surface area contributed by atoms with Gasteiger partial charge in [0.25, 0.3) is 0 Å². The molecule has 1 saturated heterocycles. The number of nitrogens with one attached hydrogen (secondary N) is 1. The Labute approximate surface area is 149 Å². The smallest absolute Gasteiger partial charge is 0.410 e. The Morgan fingerprint density at radius 3 is 2.40 bits per heavy atom. The molecule has 25 heavy (non-hydrogen) atoms. The fraction of sp³-hybridized carbons (Fsp3) is 0.600. The first-order valence-electron chi connectivity index (χ1n) is 9.20. The molecule has 1 aromatic rings. The van der Waals surface area contributed by atoms with E-state index in [4.69, 9.17) is 4.74 Å². The summed E-state index contributed by atoms with van der Waals surface area (Å²) in [5.74, 6) is 0.502. The third-order valence-corrected chi connectivity index (χ3v) is 4.67. The quantitative estimate of drug-likeness (QED) is 0.896. The van der Waals surface area contributed by atoms with Crippen molar-refractivity contribution in [2.45, 2.75) is 58.0 Å². The number of ether oxygens (including phenoxy) is 1. The van der Waals surface area contributed by atoms with Gasteiger partial charge in [0, 0.05) is 18.8 Å². The Morgan fingerprint density at radius 1 is 1.12 bits per heavy atom. The zero-order valence-corrected chi connectivity index (χ0v) is 15.4. The molecule has 1 aliphatic carbocycles. The highest BCUT2D eigenvalue weighted by atomic mass is 16.6. The summed E-state index contributed by atoms with van der Waals surface area (Å²) in [6.45, 7) is 6.62. The number of likely N-dealkylation sites (tertiary alicyclic amines) is 1. The van der Waals surface area contributed by atoms with Crippen molar-refractivity contribution in [2.24, 2.45) is 5.92 Å². The maximum absolute atomic E-state index is 12.6. The number of benzene rings is 1. The Morgan fingerprint density at radius 2 is 1.80 bits per heavy atom. The monoisotopic (exact) mass is 344 g/mol. The molecule has 1 saturated carbocycles. The molecule has 1 aromatic carbocycles. The molecule has 0 aromatic heterocycles. The van der Waals surface area contributed by atoms with Crippen LogP contribution in [0.3, 0.4) is 0 Å². The van der Waals surface area contributed by atoms with Crippen LogP contribution in [0.2, 0.25) is 0 Å². The van der Waals surface area contributed by atoms with Crippen LogP contribution in [0.4, 0.5) is 10.5 Å². The van der Waals surface area contributed by atoms with Gasteiger partial charge in [0.2, 0.25) is 5.91 Å². The van der Waals surface area contributed by atoms with Crippen LogP contribution in [0.15, 0.2) is 24.3 Å². The van der Waals surface area contributed by atoms with Crippen molar-refractivity contribution in [3.63, 3.8) is 0 Å². The summed E-state index contributed by atoms with van der Waals surface area (Å²) < 4.78 is 5.42. The highest BCUT2D eigenvalue weighted by Gasteiger charge is 2.31. The van der Waals surface area contributed by atoms with Gasteiger partial charge in [-0.25, -0.2) is 4.79 Å². The van der Waals surface area contributed by atoms with Gasteiger partial charge >= 0.3 is 6.09 Å². The van der Waals surface area contributed by atoms with E-state index >= 15 is 0 Å². The zero-order valence-electron chi connectivity index (χ0n) is 15.4. The van der Waals surface area contributed by atoms with Crippen LogP contribution in [0.25, 0.3) is 0 Å². The van der Waals surface area contributed by atoms with Crippen LogP contribution in [-0.4, -0.2) is 35.6 Å². The number of hydrogen-bond donors (Lipinski definition) is 1. The molecule has 2 amide bonds. The summed E-state index contributed by atoms with van der Waals surface area (Å²) in [5.41, 5.74) is 1.66. The minimum atomic E-state index is -0.518. The summed E-state index contributed by atoms with van der Waals surface area (Å²) in [5, 5.41) is 2.99. The third kappa shape index (κ3) is 4.97. The van der Waals surface area contributed by atoms with Crippen LogP contribution in [0, 0.1) is 5.92 Å². The molecule has 136 valence electrons. The van der Waals surface area contributed by atoms with Gasteiger partial charge in [-0.1, -0.05) is 12.1 Å². The van der Waals surface area contributed by atoms with Crippen LogP contribution in [0.1, 0.15) is 57.9 Å². The number of carbonyl (C=O) groups is 2. The first kappa shape index (κ1) is 17.8. The number of nitrogens with zero attached hydrogens (tertiary/aromatic N) is 1. The van der Waals surface area contributed by atoms with Crippen molar-refractivity contribution in [2.75, 3.05) is 18.4 Å². The standard InChI is InChI=1S/C20H28N2O3/c1-20(2,3)25-19(24)22-12-4-5-16(13-22)18(23)21-17-10-8-15(9-11-17)14-6-7-14/h8-11,14,16H,4-7,12-13H2,1-3H3,(H,21,23)/t16-/m0/s1. The Hall–Kier alpha value is -2.04. The number of piperidine rings is 1. The predicted molar refractivity (Wildman–Crippen MR) is 97.6 cm³/mol. The van der Waals surface area contributed by atoms with E-state index in [1.807, 2.05) is 32.9 Å². The fourth-order valence-corrected chi connectivity index (χ4v) is 3.18. The average molecular weight is 344 g/mol. The molecule has 5 nitrogen and oxygen atoms in total. The molecule has 0 bridgehead atoms. The van der Waals surface area contributed by atoms with E-state index in [1.165, 1.54) is 18.4 Å². The number of anilines is 1. The largest absolute Gasteiger partial charge is 0.444 e. The zero-order chi connectivity index (χ0) is 18.0.